The molecular formula is C21H25N7O3. The van der Waals surface area contributed by atoms with Gasteiger partial charge in [-0.3, -0.25) is 4.79 Å². The van der Waals surface area contributed by atoms with Crippen molar-refractivity contribution in [3.63, 3.8) is 0 Å². The molecule has 2 aromatic heterocycles. The molecule has 3 aromatic rings. The molecule has 4 rings (SSSR count). The summed E-state index contributed by atoms with van der Waals surface area (Å²) in [5, 5.41) is 13.7. The van der Waals surface area contributed by atoms with Crippen LogP contribution >= 0.6 is 0 Å². The Balaban J connectivity index is 1.70. The van der Waals surface area contributed by atoms with Crippen LogP contribution in [0.25, 0.3) is 11.7 Å². The summed E-state index contributed by atoms with van der Waals surface area (Å²) < 4.78 is 12.1. The van der Waals surface area contributed by atoms with E-state index in [4.69, 9.17) is 9.47 Å². The number of nitrogens with one attached hydrogen (secondary N) is 3. The van der Waals surface area contributed by atoms with Gasteiger partial charge in [-0.05, 0) is 18.6 Å². The summed E-state index contributed by atoms with van der Waals surface area (Å²) in [4.78, 5) is 21.4. The Morgan fingerprint density at radius 1 is 1.32 bits per heavy atom. The molecule has 162 valence electrons. The SMILES string of the molecule is COCCNc1nc(NC(C)c2ccccc2)nc2c(/C=C3\COCNC3=O)cnn12. The summed E-state index contributed by atoms with van der Waals surface area (Å²) in [6, 6.07) is 10.1. The van der Waals surface area contributed by atoms with Gasteiger partial charge >= 0.3 is 0 Å². The minimum atomic E-state index is -0.158. The molecule has 0 saturated carbocycles. The Morgan fingerprint density at radius 2 is 2.16 bits per heavy atom. The van der Waals surface area contributed by atoms with Gasteiger partial charge < -0.3 is 25.4 Å². The summed E-state index contributed by atoms with van der Waals surface area (Å²) in [6.07, 6.45) is 3.40. The second-order valence-corrected chi connectivity index (χ2v) is 7.07. The lowest BCUT2D eigenvalue weighted by Gasteiger charge is -2.16. The number of methoxy groups -OCH3 is 1. The van der Waals surface area contributed by atoms with Crippen LogP contribution in [-0.2, 0) is 14.3 Å². The van der Waals surface area contributed by atoms with Crippen LogP contribution in [0.5, 0.6) is 0 Å². The molecule has 0 spiro atoms. The van der Waals surface area contributed by atoms with E-state index in [1.165, 1.54) is 0 Å². The van der Waals surface area contributed by atoms with Gasteiger partial charge in [-0.1, -0.05) is 30.3 Å². The van der Waals surface area contributed by atoms with Crippen LogP contribution in [0.2, 0.25) is 0 Å². The normalized spacial score (nSPS) is 16.3. The number of hydrogen-bond acceptors (Lipinski definition) is 8. The molecule has 1 saturated heterocycles. The summed E-state index contributed by atoms with van der Waals surface area (Å²) in [6.45, 7) is 3.58. The number of carbonyl (C=O) groups excluding carboxylic acids is 1. The largest absolute Gasteiger partial charge is 0.383 e. The van der Waals surface area contributed by atoms with Gasteiger partial charge in [-0.15, -0.1) is 0 Å². The molecule has 3 heterocycles. The molecule has 1 aliphatic heterocycles. The third-order valence-electron chi connectivity index (χ3n) is 4.84. The maximum atomic E-state index is 12.1. The minimum Gasteiger partial charge on any atom is -0.383 e. The molecule has 0 aliphatic carbocycles. The monoisotopic (exact) mass is 423 g/mol. The number of carbonyl (C=O) groups is 1. The van der Waals surface area contributed by atoms with E-state index in [0.29, 0.717) is 41.8 Å². The third kappa shape index (κ3) is 4.81. The molecule has 1 amide bonds. The van der Waals surface area contributed by atoms with Gasteiger partial charge in [0.05, 0.1) is 25.5 Å². The first-order valence-corrected chi connectivity index (χ1v) is 10.0. The van der Waals surface area contributed by atoms with Crippen molar-refractivity contribution in [2.75, 3.05) is 44.2 Å². The first kappa shape index (κ1) is 20.8. The van der Waals surface area contributed by atoms with Crippen LogP contribution in [-0.4, -0.2) is 59.1 Å². The van der Waals surface area contributed by atoms with E-state index in [1.54, 1.807) is 23.9 Å². The van der Waals surface area contributed by atoms with Gasteiger partial charge in [0.2, 0.25) is 11.9 Å². The fourth-order valence-corrected chi connectivity index (χ4v) is 3.21. The quantitative estimate of drug-likeness (QED) is 0.371. The standard InChI is InChI=1S/C21H25N7O3/c1-14(15-6-4-3-5-7-15)25-20-26-18-16(10-17-12-31-13-23-19(17)29)11-24-28(18)21(27-20)22-8-9-30-2/h3-7,10-11,14H,8-9,12-13H2,1-2H3,(H,23,29)(H2,22,25,26,27)/b17-10+. The molecule has 1 fully saturated rings. The van der Waals surface area contributed by atoms with Crippen LogP contribution in [0.1, 0.15) is 24.1 Å². The molecule has 1 atom stereocenters. The highest BCUT2D eigenvalue weighted by atomic mass is 16.5. The van der Waals surface area contributed by atoms with Crippen LogP contribution in [0.15, 0.2) is 42.1 Å². The topological polar surface area (TPSA) is 115 Å². The number of amides is 1. The number of nitrogens with zero attached hydrogens (tertiary/aromatic N) is 4. The van der Waals surface area contributed by atoms with Crippen molar-refractivity contribution >= 4 is 29.5 Å². The second kappa shape index (κ2) is 9.54. The van der Waals surface area contributed by atoms with Gasteiger partial charge in [0, 0.05) is 24.8 Å². The number of hydrogen-bond donors (Lipinski definition) is 3. The highest BCUT2D eigenvalue weighted by molar-refractivity contribution is 5.99. The van der Waals surface area contributed by atoms with E-state index in [9.17, 15) is 4.79 Å². The lowest BCUT2D eigenvalue weighted by atomic mass is 10.1. The van der Waals surface area contributed by atoms with Gasteiger partial charge in [0.25, 0.3) is 5.91 Å². The smallest absolute Gasteiger partial charge is 0.251 e. The molecule has 1 aromatic carbocycles. The van der Waals surface area contributed by atoms with Crippen LogP contribution < -0.4 is 16.0 Å². The lowest BCUT2D eigenvalue weighted by molar-refractivity contribution is -0.122. The fraction of sp³-hybridized carbons (Fsp3) is 0.333. The average molecular weight is 423 g/mol. The van der Waals surface area contributed by atoms with Crippen molar-refractivity contribution in [1.29, 1.82) is 0 Å². The second-order valence-electron chi connectivity index (χ2n) is 7.07. The summed E-state index contributed by atoms with van der Waals surface area (Å²) >= 11 is 0. The van der Waals surface area contributed by atoms with Gasteiger partial charge in [-0.25, -0.2) is 0 Å². The first-order chi connectivity index (χ1) is 15.2. The van der Waals surface area contributed by atoms with Crippen molar-refractivity contribution in [2.24, 2.45) is 0 Å². The summed E-state index contributed by atoms with van der Waals surface area (Å²) in [5.74, 6) is 0.821. The van der Waals surface area contributed by atoms with Crippen LogP contribution in [0.3, 0.4) is 0 Å². The molecular weight excluding hydrogens is 398 g/mol. The molecule has 1 unspecified atom stereocenters. The zero-order valence-electron chi connectivity index (χ0n) is 17.5. The fourth-order valence-electron chi connectivity index (χ4n) is 3.21. The Kier molecular flexibility index (Phi) is 6.39. The molecule has 0 bridgehead atoms. The Morgan fingerprint density at radius 3 is 2.94 bits per heavy atom. The van der Waals surface area contributed by atoms with Gasteiger partial charge in [0.1, 0.15) is 6.73 Å². The lowest BCUT2D eigenvalue weighted by Crippen LogP contribution is -2.34. The van der Waals surface area contributed by atoms with Crippen molar-refractivity contribution in [2.45, 2.75) is 13.0 Å². The summed E-state index contributed by atoms with van der Waals surface area (Å²) in [7, 11) is 1.64. The number of aromatic nitrogens is 4. The minimum absolute atomic E-state index is 0.00211. The number of fused-ring (bicyclic) bond motifs is 1. The maximum Gasteiger partial charge on any atom is 0.251 e. The van der Waals surface area contributed by atoms with Gasteiger partial charge in [-0.2, -0.15) is 19.6 Å². The number of ether oxygens (including phenoxy) is 2. The van der Waals surface area contributed by atoms with E-state index >= 15 is 0 Å². The highest BCUT2D eigenvalue weighted by Crippen LogP contribution is 2.22. The molecule has 0 radical (unpaired) electrons. The molecule has 10 nitrogen and oxygen atoms in total. The van der Waals surface area contributed by atoms with E-state index in [2.05, 4.69) is 31.0 Å². The van der Waals surface area contributed by atoms with Crippen molar-refractivity contribution in [3.8, 4) is 0 Å². The highest BCUT2D eigenvalue weighted by Gasteiger charge is 2.18. The Hall–Kier alpha value is -3.50. The van der Waals surface area contributed by atoms with Crippen molar-refractivity contribution in [3.05, 3.63) is 53.2 Å². The molecule has 31 heavy (non-hydrogen) atoms. The van der Waals surface area contributed by atoms with E-state index < -0.39 is 0 Å². The third-order valence-corrected chi connectivity index (χ3v) is 4.84. The van der Waals surface area contributed by atoms with E-state index in [1.807, 2.05) is 37.3 Å². The van der Waals surface area contributed by atoms with Crippen LogP contribution in [0, 0.1) is 0 Å². The zero-order valence-corrected chi connectivity index (χ0v) is 17.5. The van der Waals surface area contributed by atoms with E-state index in [-0.39, 0.29) is 25.3 Å². The molecule has 10 heteroatoms. The Labute approximate surface area is 179 Å². The first-order valence-electron chi connectivity index (χ1n) is 10.0. The molecule has 1 aliphatic rings. The summed E-state index contributed by atoms with van der Waals surface area (Å²) in [5.41, 5.74) is 2.90. The van der Waals surface area contributed by atoms with Crippen molar-refractivity contribution < 1.29 is 14.3 Å². The van der Waals surface area contributed by atoms with Crippen LogP contribution in [0.4, 0.5) is 11.9 Å². The number of anilines is 2. The predicted molar refractivity (Wildman–Crippen MR) is 117 cm³/mol. The number of benzene rings is 1. The number of rotatable bonds is 8. The van der Waals surface area contributed by atoms with E-state index in [0.717, 1.165) is 5.56 Å². The zero-order chi connectivity index (χ0) is 21.6. The maximum absolute atomic E-state index is 12.1. The molecule has 3 N–H and O–H groups in total. The van der Waals surface area contributed by atoms with Gasteiger partial charge in [0.15, 0.2) is 5.65 Å². The predicted octanol–water partition coefficient (Wildman–Crippen LogP) is 1.84. The van der Waals surface area contributed by atoms with Crippen molar-refractivity contribution in [1.82, 2.24) is 24.9 Å². The Bertz CT molecular complexity index is 1080. The average Bonchev–Trinajstić information content (AvgIpc) is 3.19.